The zero-order chi connectivity index (χ0) is 16.8. The van der Waals surface area contributed by atoms with Crippen LogP contribution in [0.2, 0.25) is 0 Å². The summed E-state index contributed by atoms with van der Waals surface area (Å²) in [6, 6.07) is 3.95. The molecule has 0 aliphatic carbocycles. The Morgan fingerprint density at radius 3 is 2.79 bits per heavy atom. The van der Waals surface area contributed by atoms with Crippen molar-refractivity contribution in [1.29, 1.82) is 0 Å². The summed E-state index contributed by atoms with van der Waals surface area (Å²) in [6.45, 7) is 4.40. The predicted molar refractivity (Wildman–Crippen MR) is 91.4 cm³/mol. The number of amides is 1. The Morgan fingerprint density at radius 2 is 2.04 bits per heavy atom. The molecule has 1 N–H and O–H groups in total. The number of nitrogens with one attached hydrogen (secondary N) is 1. The molecule has 1 aliphatic heterocycles. The lowest BCUT2D eigenvalue weighted by atomic mass is 10.0. The van der Waals surface area contributed by atoms with Crippen LogP contribution in [0, 0.1) is 6.92 Å². The van der Waals surface area contributed by atoms with E-state index in [1.54, 1.807) is 18.6 Å². The molecule has 6 heteroatoms. The van der Waals surface area contributed by atoms with Gasteiger partial charge in [0.15, 0.2) is 0 Å². The molecule has 1 aliphatic rings. The molecule has 24 heavy (non-hydrogen) atoms. The Hall–Kier alpha value is -2.34. The number of pyridine rings is 1. The molecule has 1 amide bonds. The lowest BCUT2D eigenvalue weighted by molar-refractivity contribution is 0.0644. The van der Waals surface area contributed by atoms with Gasteiger partial charge in [0.2, 0.25) is 0 Å². The molecule has 0 spiro atoms. The number of carbonyl (C=O) groups is 1. The molecule has 2 aromatic heterocycles. The van der Waals surface area contributed by atoms with Crippen LogP contribution in [-0.4, -0.2) is 44.9 Å². The molecule has 2 aromatic rings. The second-order valence-corrected chi connectivity index (χ2v) is 6.20. The van der Waals surface area contributed by atoms with Gasteiger partial charge < -0.3 is 10.2 Å². The van der Waals surface area contributed by atoms with E-state index in [9.17, 15) is 4.79 Å². The van der Waals surface area contributed by atoms with E-state index in [0.717, 1.165) is 43.6 Å². The highest BCUT2D eigenvalue weighted by atomic mass is 16.2. The number of aromatic nitrogens is 3. The average molecular weight is 325 g/mol. The van der Waals surface area contributed by atoms with Gasteiger partial charge in [-0.05, 0) is 51.4 Å². The van der Waals surface area contributed by atoms with Crippen LogP contribution in [0.5, 0.6) is 0 Å². The van der Waals surface area contributed by atoms with Crippen LogP contribution in [-0.2, 0) is 6.54 Å². The van der Waals surface area contributed by atoms with Crippen LogP contribution in [0.25, 0.3) is 0 Å². The molecule has 3 heterocycles. The zero-order valence-corrected chi connectivity index (χ0v) is 14.0. The number of carbonyl (C=O) groups excluding carboxylic acids is 1. The fraction of sp³-hybridized carbons (Fsp3) is 0.444. The number of nitrogens with zero attached hydrogens (tertiary/aromatic N) is 4. The van der Waals surface area contributed by atoms with Gasteiger partial charge in [0.25, 0.3) is 5.91 Å². The molecule has 126 valence electrons. The number of hydrogen-bond acceptors (Lipinski definition) is 5. The first kappa shape index (κ1) is 16.5. The highest BCUT2D eigenvalue weighted by molar-refractivity contribution is 5.94. The fourth-order valence-corrected chi connectivity index (χ4v) is 3.05. The van der Waals surface area contributed by atoms with Gasteiger partial charge in [-0.2, -0.15) is 0 Å². The highest BCUT2D eigenvalue weighted by Gasteiger charge is 2.26. The maximum atomic E-state index is 13.1. The van der Waals surface area contributed by atoms with E-state index in [-0.39, 0.29) is 11.9 Å². The number of rotatable bonds is 4. The Balaban J connectivity index is 1.85. The Kier molecular flexibility index (Phi) is 5.48. The standard InChI is InChI=1S/C18H23N5O/c1-14-4-5-16(11-22-14)18(24)23(12-15-9-20-13-21-10-15)17-3-2-7-19-8-6-17/h4-5,9-11,13,17,19H,2-3,6-8,12H2,1H3/t17-/m1/s1. The zero-order valence-electron chi connectivity index (χ0n) is 14.0. The molecule has 0 saturated carbocycles. The molecule has 3 rings (SSSR count). The fourth-order valence-electron chi connectivity index (χ4n) is 3.05. The van der Waals surface area contributed by atoms with E-state index in [1.807, 2.05) is 24.0 Å². The monoisotopic (exact) mass is 325 g/mol. The van der Waals surface area contributed by atoms with Crippen LogP contribution in [0.3, 0.4) is 0 Å². The largest absolute Gasteiger partial charge is 0.331 e. The van der Waals surface area contributed by atoms with Crippen molar-refractivity contribution in [2.75, 3.05) is 13.1 Å². The number of hydrogen-bond donors (Lipinski definition) is 1. The molecule has 1 atom stereocenters. The van der Waals surface area contributed by atoms with Crippen molar-refractivity contribution in [3.8, 4) is 0 Å². The van der Waals surface area contributed by atoms with Gasteiger partial charge in [0.1, 0.15) is 6.33 Å². The molecule has 6 nitrogen and oxygen atoms in total. The SMILES string of the molecule is Cc1ccc(C(=O)N(Cc2cncnc2)[C@@H]2CCCNCC2)cn1. The number of aryl methyl sites for hydroxylation is 1. The molecule has 0 aromatic carbocycles. The summed E-state index contributed by atoms with van der Waals surface area (Å²) in [5.74, 6) is 0.0262. The highest BCUT2D eigenvalue weighted by Crippen LogP contribution is 2.19. The van der Waals surface area contributed by atoms with Crippen molar-refractivity contribution in [2.45, 2.75) is 38.8 Å². The second kappa shape index (κ2) is 7.97. The van der Waals surface area contributed by atoms with Crippen molar-refractivity contribution >= 4 is 5.91 Å². The van der Waals surface area contributed by atoms with Crippen molar-refractivity contribution in [1.82, 2.24) is 25.2 Å². The maximum Gasteiger partial charge on any atom is 0.255 e. The van der Waals surface area contributed by atoms with Crippen LogP contribution >= 0.6 is 0 Å². The van der Waals surface area contributed by atoms with E-state index < -0.39 is 0 Å². The van der Waals surface area contributed by atoms with E-state index in [1.165, 1.54) is 6.33 Å². The minimum atomic E-state index is 0.0262. The summed E-state index contributed by atoms with van der Waals surface area (Å²) in [5, 5.41) is 3.41. The van der Waals surface area contributed by atoms with E-state index in [4.69, 9.17) is 0 Å². The maximum absolute atomic E-state index is 13.1. The van der Waals surface area contributed by atoms with Gasteiger partial charge in [-0.1, -0.05) is 0 Å². The minimum Gasteiger partial charge on any atom is -0.331 e. The van der Waals surface area contributed by atoms with E-state index >= 15 is 0 Å². The third-order valence-electron chi connectivity index (χ3n) is 4.37. The molecule has 0 unspecified atom stereocenters. The van der Waals surface area contributed by atoms with Crippen LogP contribution < -0.4 is 5.32 Å². The second-order valence-electron chi connectivity index (χ2n) is 6.20. The first-order valence-corrected chi connectivity index (χ1v) is 8.42. The molecule has 1 saturated heterocycles. The van der Waals surface area contributed by atoms with Crippen molar-refractivity contribution < 1.29 is 4.79 Å². The van der Waals surface area contributed by atoms with Crippen molar-refractivity contribution in [3.05, 3.63) is 53.9 Å². The molecular weight excluding hydrogens is 302 g/mol. The summed E-state index contributed by atoms with van der Waals surface area (Å²) >= 11 is 0. The summed E-state index contributed by atoms with van der Waals surface area (Å²) in [7, 11) is 0. The van der Waals surface area contributed by atoms with Gasteiger partial charge in [0, 0.05) is 42.4 Å². The normalized spacial score (nSPS) is 18.0. The molecule has 0 radical (unpaired) electrons. The van der Waals surface area contributed by atoms with Gasteiger partial charge in [-0.25, -0.2) is 9.97 Å². The van der Waals surface area contributed by atoms with Gasteiger partial charge in [0.05, 0.1) is 5.56 Å². The summed E-state index contributed by atoms with van der Waals surface area (Å²) in [6.07, 6.45) is 9.76. The third kappa shape index (κ3) is 4.14. The quantitative estimate of drug-likeness (QED) is 0.930. The third-order valence-corrected chi connectivity index (χ3v) is 4.37. The Morgan fingerprint density at radius 1 is 1.21 bits per heavy atom. The van der Waals surface area contributed by atoms with Crippen LogP contribution in [0.4, 0.5) is 0 Å². The van der Waals surface area contributed by atoms with Crippen molar-refractivity contribution in [3.63, 3.8) is 0 Å². The Bertz CT molecular complexity index is 651. The van der Waals surface area contributed by atoms with Gasteiger partial charge in [-0.3, -0.25) is 9.78 Å². The summed E-state index contributed by atoms with van der Waals surface area (Å²) < 4.78 is 0. The lowest BCUT2D eigenvalue weighted by Crippen LogP contribution is -2.40. The van der Waals surface area contributed by atoms with E-state index in [2.05, 4.69) is 20.3 Å². The van der Waals surface area contributed by atoms with Crippen LogP contribution in [0.1, 0.15) is 40.9 Å². The van der Waals surface area contributed by atoms with Gasteiger partial charge in [-0.15, -0.1) is 0 Å². The Labute approximate surface area is 142 Å². The smallest absolute Gasteiger partial charge is 0.255 e. The van der Waals surface area contributed by atoms with Gasteiger partial charge >= 0.3 is 0 Å². The van der Waals surface area contributed by atoms with Crippen LogP contribution in [0.15, 0.2) is 37.1 Å². The lowest BCUT2D eigenvalue weighted by Gasteiger charge is -2.31. The average Bonchev–Trinajstić information content (AvgIpc) is 2.90. The minimum absolute atomic E-state index is 0.0262. The van der Waals surface area contributed by atoms with E-state index in [0.29, 0.717) is 12.1 Å². The summed E-state index contributed by atoms with van der Waals surface area (Å²) in [4.78, 5) is 27.5. The summed E-state index contributed by atoms with van der Waals surface area (Å²) in [5.41, 5.74) is 2.49. The predicted octanol–water partition coefficient (Wildman–Crippen LogP) is 1.96. The first-order chi connectivity index (χ1) is 11.7. The van der Waals surface area contributed by atoms with Crippen molar-refractivity contribution in [2.24, 2.45) is 0 Å². The topological polar surface area (TPSA) is 71.0 Å². The molecular formula is C18H23N5O. The molecule has 1 fully saturated rings. The molecule has 0 bridgehead atoms. The first-order valence-electron chi connectivity index (χ1n) is 8.42.